The summed E-state index contributed by atoms with van der Waals surface area (Å²) < 4.78 is 36.7. The lowest BCUT2D eigenvalue weighted by Crippen LogP contribution is -2.44. The molecule has 0 heterocycles. The molecule has 392 valence electrons. The zero-order chi connectivity index (χ0) is 49.1. The minimum Gasteiger partial charge on any atom is -0.464 e. The molecule has 0 rings (SSSR count). The highest BCUT2D eigenvalue weighted by atomic mass is 16.7. The van der Waals surface area contributed by atoms with Crippen molar-refractivity contribution >= 4 is 11.9 Å². The quantitative estimate of drug-likeness (QED) is 0.0254. The van der Waals surface area contributed by atoms with Gasteiger partial charge in [0.25, 0.3) is 0 Å². The van der Waals surface area contributed by atoms with E-state index in [0.717, 1.165) is 174 Å². The van der Waals surface area contributed by atoms with Crippen LogP contribution in [0.4, 0.5) is 0 Å². The van der Waals surface area contributed by atoms with Crippen LogP contribution in [0.15, 0.2) is 48.6 Å². The Bertz CT molecular complexity index is 1070. The van der Waals surface area contributed by atoms with E-state index in [1.54, 1.807) is 0 Å². The van der Waals surface area contributed by atoms with Gasteiger partial charge in [-0.3, -0.25) is 14.5 Å². The molecule has 0 bridgehead atoms. The first-order chi connectivity index (χ1) is 32.8. The third-order valence-corrected chi connectivity index (χ3v) is 11.5. The van der Waals surface area contributed by atoms with Crippen LogP contribution in [0.25, 0.3) is 0 Å². The minimum absolute atomic E-state index is 0.200. The second kappa shape index (κ2) is 51.5. The number of ether oxygens (including phenoxy) is 6. The van der Waals surface area contributed by atoms with Gasteiger partial charge in [-0.1, -0.05) is 96.1 Å². The van der Waals surface area contributed by atoms with Gasteiger partial charge in [-0.15, -0.1) is 0 Å². The Morgan fingerprint density at radius 3 is 1.13 bits per heavy atom. The summed E-state index contributed by atoms with van der Waals surface area (Å²) in [6, 6.07) is -0.200. The number of esters is 2. The summed E-state index contributed by atoms with van der Waals surface area (Å²) in [6.07, 6.45) is 43.9. The fourth-order valence-corrected chi connectivity index (χ4v) is 7.46. The van der Waals surface area contributed by atoms with E-state index in [0.29, 0.717) is 52.1 Å². The van der Waals surface area contributed by atoms with Crippen LogP contribution in [0.1, 0.15) is 214 Å². The number of unbranched alkanes of at least 4 members (excludes halogenated alkanes) is 12. The Kier molecular flexibility index (Phi) is 49.7. The first-order valence-corrected chi connectivity index (χ1v) is 27.6. The molecule has 0 aromatic heterocycles. The minimum atomic E-state index is -0.254. The highest BCUT2D eigenvalue weighted by molar-refractivity contribution is 5.69. The largest absolute Gasteiger partial charge is 0.464 e. The third-order valence-electron chi connectivity index (χ3n) is 11.5. The van der Waals surface area contributed by atoms with E-state index < -0.39 is 0 Å². The molecule has 0 aromatic rings. The van der Waals surface area contributed by atoms with Gasteiger partial charge in [0.1, 0.15) is 13.2 Å². The maximum Gasteiger partial charge on any atom is 0.305 e. The smallest absolute Gasteiger partial charge is 0.305 e. The first-order valence-electron chi connectivity index (χ1n) is 27.6. The Hall–Kier alpha value is -2.34. The van der Waals surface area contributed by atoms with Crippen molar-refractivity contribution in [1.29, 1.82) is 0 Å². The highest BCUT2D eigenvalue weighted by Crippen LogP contribution is 2.16. The average molecular weight is 947 g/mol. The van der Waals surface area contributed by atoms with Crippen molar-refractivity contribution < 1.29 is 38.0 Å². The Morgan fingerprint density at radius 2 is 0.791 bits per heavy atom. The van der Waals surface area contributed by atoms with Crippen molar-refractivity contribution in [2.24, 2.45) is 0 Å². The van der Waals surface area contributed by atoms with Crippen LogP contribution < -0.4 is 0 Å². The number of hydrogen-bond donors (Lipinski definition) is 0. The zero-order valence-corrected chi connectivity index (χ0v) is 44.7. The molecule has 0 aliphatic rings. The molecule has 67 heavy (non-hydrogen) atoms. The molecule has 0 N–H and O–H groups in total. The molecule has 0 aliphatic carbocycles. The molecule has 0 amide bonds. The van der Waals surface area contributed by atoms with E-state index in [9.17, 15) is 9.59 Å². The van der Waals surface area contributed by atoms with Crippen molar-refractivity contribution in [2.45, 2.75) is 233 Å². The zero-order valence-electron chi connectivity index (χ0n) is 44.7. The lowest BCUT2D eigenvalue weighted by atomic mass is 10.1. The van der Waals surface area contributed by atoms with Crippen LogP contribution in [0.5, 0.6) is 0 Å². The lowest BCUT2D eigenvalue weighted by molar-refractivity contribution is -0.153. The van der Waals surface area contributed by atoms with Gasteiger partial charge in [0.15, 0.2) is 12.6 Å². The second-order valence-electron chi connectivity index (χ2n) is 18.3. The molecule has 0 fully saturated rings. The fourth-order valence-electron chi connectivity index (χ4n) is 7.46. The SMILES string of the molecule is CC/C=C\CCCCOC(CCCCC(=O)OCC(COC(=O)CCCCC(OCCCC/C=C\CC)OCCCC/C=C\CC)N(CCCCC)CCCN(C)C)OCCCC/C=C\CC. The summed E-state index contributed by atoms with van der Waals surface area (Å²) in [5.74, 6) is -0.421. The molecule has 0 spiro atoms. The summed E-state index contributed by atoms with van der Waals surface area (Å²) in [5.41, 5.74) is 0. The lowest BCUT2D eigenvalue weighted by Gasteiger charge is -2.31. The molecular formula is C57H106N2O8. The normalized spacial score (nSPS) is 12.4. The van der Waals surface area contributed by atoms with Gasteiger partial charge in [0, 0.05) is 39.3 Å². The maximum atomic E-state index is 13.2. The molecule has 0 unspecified atom stereocenters. The van der Waals surface area contributed by atoms with Gasteiger partial charge < -0.3 is 33.3 Å². The van der Waals surface area contributed by atoms with Crippen LogP contribution in [-0.2, 0) is 38.0 Å². The Balaban J connectivity index is 5.29. The highest BCUT2D eigenvalue weighted by Gasteiger charge is 2.23. The molecule has 0 atom stereocenters. The van der Waals surface area contributed by atoms with Crippen LogP contribution in [-0.4, -0.2) is 114 Å². The number of carbonyl (C=O) groups excluding carboxylic acids is 2. The van der Waals surface area contributed by atoms with Crippen LogP contribution in [0, 0.1) is 0 Å². The van der Waals surface area contributed by atoms with Gasteiger partial charge in [-0.05, 0) is 188 Å². The van der Waals surface area contributed by atoms with Crippen molar-refractivity contribution in [3.05, 3.63) is 48.6 Å². The van der Waals surface area contributed by atoms with Crippen molar-refractivity contribution in [3.8, 4) is 0 Å². The summed E-state index contributed by atoms with van der Waals surface area (Å²) >= 11 is 0. The second-order valence-corrected chi connectivity index (χ2v) is 18.3. The van der Waals surface area contributed by atoms with Gasteiger partial charge in [-0.25, -0.2) is 0 Å². The molecule has 10 heteroatoms. The van der Waals surface area contributed by atoms with Gasteiger partial charge in [-0.2, -0.15) is 0 Å². The molecule has 0 saturated carbocycles. The molecule has 0 radical (unpaired) electrons. The monoisotopic (exact) mass is 947 g/mol. The summed E-state index contributed by atoms with van der Waals surface area (Å²) in [4.78, 5) is 31.0. The number of carbonyl (C=O) groups is 2. The maximum absolute atomic E-state index is 13.2. The van der Waals surface area contributed by atoms with E-state index in [1.165, 1.54) is 0 Å². The van der Waals surface area contributed by atoms with E-state index in [1.807, 2.05) is 0 Å². The van der Waals surface area contributed by atoms with E-state index >= 15 is 0 Å². The number of allylic oxidation sites excluding steroid dienone is 8. The van der Waals surface area contributed by atoms with Crippen molar-refractivity contribution in [1.82, 2.24) is 9.80 Å². The molecule has 10 nitrogen and oxygen atoms in total. The van der Waals surface area contributed by atoms with Crippen LogP contribution in [0.2, 0.25) is 0 Å². The molecular weight excluding hydrogens is 841 g/mol. The van der Waals surface area contributed by atoms with Crippen LogP contribution in [0.3, 0.4) is 0 Å². The molecule has 0 aliphatic heterocycles. The molecule has 0 saturated heterocycles. The third kappa shape index (κ3) is 45.8. The molecule has 0 aromatic carbocycles. The Morgan fingerprint density at radius 1 is 0.418 bits per heavy atom. The number of nitrogens with zero attached hydrogens (tertiary/aromatic N) is 2. The van der Waals surface area contributed by atoms with Gasteiger partial charge in [0.2, 0.25) is 0 Å². The Labute approximate surface area is 413 Å². The summed E-state index contributed by atoms with van der Waals surface area (Å²) in [6.45, 7) is 16.7. The topological polar surface area (TPSA) is 96.0 Å². The fraction of sp³-hybridized carbons (Fsp3) is 0.825. The van der Waals surface area contributed by atoms with Gasteiger partial charge >= 0.3 is 11.9 Å². The van der Waals surface area contributed by atoms with Crippen LogP contribution >= 0.6 is 0 Å². The first kappa shape index (κ1) is 64.7. The van der Waals surface area contributed by atoms with E-state index in [2.05, 4.69) is 107 Å². The summed E-state index contributed by atoms with van der Waals surface area (Å²) in [7, 11) is 4.18. The van der Waals surface area contributed by atoms with Crippen molar-refractivity contribution in [3.63, 3.8) is 0 Å². The average Bonchev–Trinajstić information content (AvgIpc) is 3.32. The number of rotatable bonds is 51. The predicted octanol–water partition coefficient (Wildman–Crippen LogP) is 14.3. The number of hydrogen-bond acceptors (Lipinski definition) is 10. The van der Waals surface area contributed by atoms with E-state index in [4.69, 9.17) is 28.4 Å². The van der Waals surface area contributed by atoms with Crippen molar-refractivity contribution in [2.75, 3.05) is 73.4 Å². The van der Waals surface area contributed by atoms with E-state index in [-0.39, 0.29) is 43.8 Å². The predicted molar refractivity (Wildman–Crippen MR) is 281 cm³/mol. The summed E-state index contributed by atoms with van der Waals surface area (Å²) in [5, 5.41) is 0. The standard InChI is InChI=1S/C57H106N2O8/c1-8-13-18-22-26-35-47-62-56(63-48-36-27-23-19-14-9-2)42-32-30-40-54(60)66-51-53(59(45-34-17-12-5)46-39-44-58(6)7)52-67-55(61)41-31-33-43-57(64-49-37-28-24-20-15-10-3)65-50-38-29-25-21-16-11-4/h13-16,18-21,53,56-57H,8-12,17,22-52H2,1-7H3/b18-13-,19-14-,20-15-,21-16-. The van der Waals surface area contributed by atoms with Gasteiger partial charge in [0.05, 0.1) is 6.04 Å².